The summed E-state index contributed by atoms with van der Waals surface area (Å²) in [6, 6.07) is 12.3. The number of rotatable bonds is 4. The van der Waals surface area contributed by atoms with Gasteiger partial charge in [0.15, 0.2) is 0 Å². The monoisotopic (exact) mass is 450 g/mol. The molecule has 0 unspecified atom stereocenters. The Morgan fingerprint density at radius 2 is 1.78 bits per heavy atom. The summed E-state index contributed by atoms with van der Waals surface area (Å²) in [7, 11) is -3.58. The van der Waals surface area contributed by atoms with Crippen molar-refractivity contribution in [1.82, 2.24) is 4.31 Å². The number of sulfonamides is 1. The maximum atomic E-state index is 12.8. The van der Waals surface area contributed by atoms with E-state index in [1.807, 2.05) is 26.0 Å². The van der Waals surface area contributed by atoms with Gasteiger partial charge in [-0.15, -0.1) is 0 Å². The third-order valence-electron chi connectivity index (χ3n) is 4.88. The molecule has 1 aliphatic rings. The number of halogens is 1. The van der Waals surface area contributed by atoms with Gasteiger partial charge in [0.2, 0.25) is 15.9 Å². The molecule has 0 spiro atoms. The average molecular weight is 451 g/mol. The van der Waals surface area contributed by atoms with Crippen molar-refractivity contribution in [1.29, 1.82) is 0 Å². The van der Waals surface area contributed by atoms with Gasteiger partial charge in [-0.1, -0.05) is 34.1 Å². The van der Waals surface area contributed by atoms with E-state index in [2.05, 4.69) is 21.2 Å². The van der Waals surface area contributed by atoms with Crippen LogP contribution in [0, 0.1) is 19.8 Å². The third-order valence-corrected chi connectivity index (χ3v) is 7.22. The fourth-order valence-corrected chi connectivity index (χ4v) is 5.68. The number of benzene rings is 2. The summed E-state index contributed by atoms with van der Waals surface area (Å²) >= 11 is 3.46. The number of aryl methyl sites for hydroxylation is 2. The normalized spacial score (nSPS) is 18.3. The highest BCUT2D eigenvalue weighted by atomic mass is 79.9. The van der Waals surface area contributed by atoms with Crippen LogP contribution in [0.4, 0.5) is 5.69 Å². The molecule has 1 saturated heterocycles. The first-order chi connectivity index (χ1) is 12.8. The maximum absolute atomic E-state index is 12.8. The smallest absolute Gasteiger partial charge is 0.243 e. The zero-order valence-electron chi connectivity index (χ0n) is 15.4. The molecule has 0 aliphatic carbocycles. The van der Waals surface area contributed by atoms with Gasteiger partial charge in [0.1, 0.15) is 0 Å². The Morgan fingerprint density at radius 1 is 1.15 bits per heavy atom. The number of hydrogen-bond acceptors (Lipinski definition) is 3. The van der Waals surface area contributed by atoms with E-state index in [0.717, 1.165) is 21.3 Å². The highest BCUT2D eigenvalue weighted by Gasteiger charge is 2.33. The van der Waals surface area contributed by atoms with Crippen molar-refractivity contribution in [3.63, 3.8) is 0 Å². The second-order valence-corrected chi connectivity index (χ2v) is 9.77. The molecule has 3 rings (SSSR count). The van der Waals surface area contributed by atoms with E-state index in [1.165, 1.54) is 4.31 Å². The fraction of sp³-hybridized carbons (Fsp3) is 0.350. The second-order valence-electron chi connectivity index (χ2n) is 6.92. The lowest BCUT2D eigenvalue weighted by atomic mass is 9.98. The summed E-state index contributed by atoms with van der Waals surface area (Å²) in [6.07, 6.45) is 1.35. The molecule has 0 aromatic heterocycles. The second kappa shape index (κ2) is 8.12. The van der Waals surface area contributed by atoms with E-state index in [0.29, 0.717) is 19.4 Å². The van der Waals surface area contributed by atoms with Crippen LogP contribution in [0.3, 0.4) is 0 Å². The number of carbonyl (C=O) groups excluding carboxylic acids is 1. The van der Waals surface area contributed by atoms with Gasteiger partial charge in [-0.25, -0.2) is 8.42 Å². The first-order valence-corrected chi connectivity index (χ1v) is 11.1. The molecule has 2 aromatic carbocycles. The van der Waals surface area contributed by atoms with Crippen LogP contribution in [0.25, 0.3) is 0 Å². The van der Waals surface area contributed by atoms with Crippen LogP contribution in [0.1, 0.15) is 24.0 Å². The standard InChI is InChI=1S/C20H23BrN2O3S/c1-14-11-17(21)12-15(2)19(14)22-20(24)16-7-6-10-23(13-16)27(25,26)18-8-4-3-5-9-18/h3-5,8-9,11-12,16H,6-7,10,13H2,1-2H3,(H,22,24)/t16-/m0/s1. The Kier molecular flexibility index (Phi) is 6.03. The van der Waals surface area contributed by atoms with Crippen LogP contribution in [-0.2, 0) is 14.8 Å². The van der Waals surface area contributed by atoms with E-state index >= 15 is 0 Å². The average Bonchev–Trinajstić information content (AvgIpc) is 2.65. The van der Waals surface area contributed by atoms with Gasteiger partial charge in [0, 0.05) is 23.2 Å². The molecule has 1 atom stereocenters. The largest absolute Gasteiger partial charge is 0.325 e. The molecule has 1 heterocycles. The molecule has 1 fully saturated rings. The molecular formula is C20H23BrN2O3S. The molecule has 0 radical (unpaired) electrons. The lowest BCUT2D eigenvalue weighted by molar-refractivity contribution is -0.120. The van der Waals surface area contributed by atoms with Gasteiger partial charge in [-0.2, -0.15) is 4.31 Å². The Balaban J connectivity index is 1.76. The number of piperidine rings is 1. The Morgan fingerprint density at radius 3 is 2.41 bits per heavy atom. The molecular weight excluding hydrogens is 428 g/mol. The minimum Gasteiger partial charge on any atom is -0.325 e. The van der Waals surface area contributed by atoms with Crippen LogP contribution in [0.5, 0.6) is 0 Å². The van der Waals surface area contributed by atoms with Gasteiger partial charge in [-0.05, 0) is 62.1 Å². The highest BCUT2D eigenvalue weighted by Crippen LogP contribution is 2.28. The number of amides is 1. The van der Waals surface area contributed by atoms with Crippen molar-refractivity contribution in [2.24, 2.45) is 5.92 Å². The minimum atomic E-state index is -3.58. The number of anilines is 1. The lowest BCUT2D eigenvalue weighted by Gasteiger charge is -2.31. The van der Waals surface area contributed by atoms with Gasteiger partial charge < -0.3 is 5.32 Å². The summed E-state index contributed by atoms with van der Waals surface area (Å²) in [6.45, 7) is 4.54. The van der Waals surface area contributed by atoms with Crippen molar-refractivity contribution in [3.8, 4) is 0 Å². The van der Waals surface area contributed by atoms with Crippen LogP contribution < -0.4 is 5.32 Å². The third kappa shape index (κ3) is 4.42. The van der Waals surface area contributed by atoms with E-state index in [9.17, 15) is 13.2 Å². The fourth-order valence-electron chi connectivity index (χ4n) is 3.45. The number of nitrogens with one attached hydrogen (secondary N) is 1. The predicted molar refractivity (Wildman–Crippen MR) is 110 cm³/mol. The first-order valence-electron chi connectivity index (χ1n) is 8.92. The van der Waals surface area contributed by atoms with Crippen molar-refractivity contribution in [2.75, 3.05) is 18.4 Å². The zero-order valence-corrected chi connectivity index (χ0v) is 17.8. The molecule has 144 valence electrons. The molecule has 0 bridgehead atoms. The summed E-state index contributed by atoms with van der Waals surface area (Å²) in [4.78, 5) is 13.1. The number of nitrogens with zero attached hydrogens (tertiary/aromatic N) is 1. The van der Waals surface area contributed by atoms with E-state index in [1.54, 1.807) is 30.3 Å². The van der Waals surface area contributed by atoms with Crippen molar-refractivity contribution >= 4 is 37.5 Å². The van der Waals surface area contributed by atoms with Crippen LogP contribution in [0.15, 0.2) is 51.8 Å². The topological polar surface area (TPSA) is 66.5 Å². The predicted octanol–water partition coefficient (Wildman–Crippen LogP) is 4.11. The first kappa shape index (κ1) is 20.0. The molecule has 5 nitrogen and oxygen atoms in total. The quantitative estimate of drug-likeness (QED) is 0.761. The SMILES string of the molecule is Cc1cc(Br)cc(C)c1NC(=O)[C@H]1CCCN(S(=O)(=O)c2ccccc2)C1. The van der Waals surface area contributed by atoms with E-state index in [-0.39, 0.29) is 23.3 Å². The molecule has 7 heteroatoms. The molecule has 0 saturated carbocycles. The Bertz CT molecular complexity index is 922. The van der Waals surface area contributed by atoms with E-state index in [4.69, 9.17) is 0 Å². The van der Waals surface area contributed by atoms with Crippen LogP contribution in [-0.4, -0.2) is 31.7 Å². The van der Waals surface area contributed by atoms with Gasteiger partial charge >= 0.3 is 0 Å². The lowest BCUT2D eigenvalue weighted by Crippen LogP contribution is -2.43. The van der Waals surface area contributed by atoms with Crippen LogP contribution >= 0.6 is 15.9 Å². The van der Waals surface area contributed by atoms with Crippen molar-refractivity contribution in [3.05, 3.63) is 58.1 Å². The zero-order chi connectivity index (χ0) is 19.6. The summed E-state index contributed by atoms with van der Waals surface area (Å²) in [5.74, 6) is -0.490. The van der Waals surface area contributed by atoms with E-state index < -0.39 is 10.0 Å². The maximum Gasteiger partial charge on any atom is 0.243 e. The molecule has 1 N–H and O–H groups in total. The van der Waals surface area contributed by atoms with Crippen molar-refractivity contribution in [2.45, 2.75) is 31.6 Å². The summed E-state index contributed by atoms with van der Waals surface area (Å²) < 4.78 is 28.1. The molecule has 2 aromatic rings. The number of carbonyl (C=O) groups is 1. The Hall–Kier alpha value is -1.70. The minimum absolute atomic E-state index is 0.128. The van der Waals surface area contributed by atoms with Crippen molar-refractivity contribution < 1.29 is 13.2 Å². The van der Waals surface area contributed by atoms with Gasteiger partial charge in [0.05, 0.1) is 10.8 Å². The summed E-state index contributed by atoms with van der Waals surface area (Å²) in [5, 5.41) is 3.01. The van der Waals surface area contributed by atoms with Gasteiger partial charge in [0.25, 0.3) is 0 Å². The Labute approximate surface area is 169 Å². The highest BCUT2D eigenvalue weighted by molar-refractivity contribution is 9.10. The molecule has 1 amide bonds. The van der Waals surface area contributed by atoms with Gasteiger partial charge in [-0.3, -0.25) is 4.79 Å². The molecule has 1 aliphatic heterocycles. The number of hydrogen-bond donors (Lipinski definition) is 1. The summed E-state index contributed by atoms with van der Waals surface area (Å²) in [5.41, 5.74) is 2.74. The van der Waals surface area contributed by atoms with Crippen LogP contribution in [0.2, 0.25) is 0 Å². The molecule has 27 heavy (non-hydrogen) atoms.